The van der Waals surface area contributed by atoms with Crippen LogP contribution in [0.1, 0.15) is 12.0 Å². The number of nitrogens with zero attached hydrogens (tertiary/aromatic N) is 2. The summed E-state index contributed by atoms with van der Waals surface area (Å²) in [5.74, 6) is -0.925. The number of hydrogen-bond donors (Lipinski definition) is 1. The molecule has 5 aromatic rings. The SMILES string of the molecule is O=C(O)CCc1cn(S(=O)(=O)c2ccc(-c3ccccn3)s2)c2ccc(-c3ccsc3)cc12. The van der Waals surface area contributed by atoms with Crippen molar-refractivity contribution in [3.8, 4) is 21.7 Å². The number of carbonyl (C=O) groups is 1. The van der Waals surface area contributed by atoms with Crippen LogP contribution in [0.15, 0.2) is 82.0 Å². The molecule has 0 radical (unpaired) electrons. The smallest absolute Gasteiger partial charge is 0.303 e. The van der Waals surface area contributed by atoms with Crippen molar-refractivity contribution in [3.05, 3.63) is 83.3 Å². The Bertz CT molecular complexity index is 1550. The van der Waals surface area contributed by atoms with Crippen LogP contribution >= 0.6 is 22.7 Å². The summed E-state index contributed by atoms with van der Waals surface area (Å²) in [5.41, 5.74) is 3.93. The van der Waals surface area contributed by atoms with Gasteiger partial charge >= 0.3 is 5.97 Å². The molecule has 0 aliphatic heterocycles. The van der Waals surface area contributed by atoms with Crippen LogP contribution in [-0.4, -0.2) is 28.5 Å². The van der Waals surface area contributed by atoms with E-state index in [2.05, 4.69) is 4.98 Å². The van der Waals surface area contributed by atoms with Gasteiger partial charge in [-0.3, -0.25) is 9.78 Å². The molecule has 0 unspecified atom stereocenters. The van der Waals surface area contributed by atoms with Gasteiger partial charge in [-0.05, 0) is 76.3 Å². The first kappa shape index (κ1) is 21.6. The Morgan fingerprint density at radius 1 is 1.06 bits per heavy atom. The van der Waals surface area contributed by atoms with Crippen LogP contribution in [0.25, 0.3) is 32.6 Å². The van der Waals surface area contributed by atoms with Crippen LogP contribution in [0.2, 0.25) is 0 Å². The second-order valence-corrected chi connectivity index (χ2v) is 11.3. The first-order valence-electron chi connectivity index (χ1n) is 10.1. The standard InChI is InChI=1S/C24H18N2O4S3/c27-23(28)8-5-17-14-26(21-6-4-16(13-19(17)21)18-10-12-31-15-18)33(29,30)24-9-7-22(32-24)20-3-1-2-11-25-20/h1-4,6-7,9-15H,5,8H2,(H,27,28). The van der Waals surface area contributed by atoms with Crippen LogP contribution in [0.4, 0.5) is 0 Å². The van der Waals surface area contributed by atoms with E-state index < -0.39 is 16.0 Å². The minimum atomic E-state index is -3.88. The number of aliphatic carboxylic acids is 1. The molecule has 1 aromatic carbocycles. The number of benzene rings is 1. The van der Waals surface area contributed by atoms with Crippen molar-refractivity contribution >= 4 is 49.6 Å². The Kier molecular flexibility index (Phi) is 5.61. The summed E-state index contributed by atoms with van der Waals surface area (Å²) in [6.45, 7) is 0. The van der Waals surface area contributed by atoms with Gasteiger partial charge in [0.25, 0.3) is 10.0 Å². The Morgan fingerprint density at radius 2 is 1.94 bits per heavy atom. The van der Waals surface area contributed by atoms with E-state index in [1.165, 1.54) is 3.97 Å². The molecule has 0 saturated carbocycles. The highest BCUT2D eigenvalue weighted by Gasteiger charge is 2.24. The zero-order valence-corrected chi connectivity index (χ0v) is 19.7. The predicted octanol–water partition coefficient (Wildman–Crippen LogP) is 5.75. The molecule has 0 aliphatic carbocycles. The molecule has 0 spiro atoms. The number of aromatic nitrogens is 2. The fourth-order valence-corrected chi connectivity index (χ4v) is 7.14. The second-order valence-electron chi connectivity index (χ2n) is 7.43. The largest absolute Gasteiger partial charge is 0.481 e. The number of hydrogen-bond acceptors (Lipinski definition) is 6. The first-order valence-corrected chi connectivity index (χ1v) is 13.3. The number of aryl methyl sites for hydroxylation is 1. The number of rotatable bonds is 7. The number of fused-ring (bicyclic) bond motifs is 1. The Hall–Kier alpha value is -3.27. The molecule has 0 atom stereocenters. The summed E-state index contributed by atoms with van der Waals surface area (Å²) >= 11 is 2.74. The van der Waals surface area contributed by atoms with Gasteiger partial charge in [-0.25, -0.2) is 3.97 Å². The molecule has 33 heavy (non-hydrogen) atoms. The summed E-state index contributed by atoms with van der Waals surface area (Å²) in [7, 11) is -3.88. The number of thiophene rings is 2. The van der Waals surface area contributed by atoms with Crippen LogP contribution < -0.4 is 0 Å². The lowest BCUT2D eigenvalue weighted by molar-refractivity contribution is -0.136. The molecule has 6 nitrogen and oxygen atoms in total. The van der Waals surface area contributed by atoms with E-state index in [4.69, 9.17) is 0 Å². The normalized spacial score (nSPS) is 11.8. The molecule has 1 N–H and O–H groups in total. The molecule has 0 bridgehead atoms. The van der Waals surface area contributed by atoms with Gasteiger partial charge in [0, 0.05) is 24.2 Å². The van der Waals surface area contributed by atoms with Gasteiger partial charge in [0.15, 0.2) is 0 Å². The van der Waals surface area contributed by atoms with Crippen LogP contribution in [-0.2, 0) is 21.2 Å². The minimum Gasteiger partial charge on any atom is -0.481 e. The van der Waals surface area contributed by atoms with E-state index in [0.29, 0.717) is 16.8 Å². The number of carboxylic acids is 1. The fraction of sp³-hybridized carbons (Fsp3) is 0.0833. The number of pyridine rings is 1. The average molecular weight is 495 g/mol. The Morgan fingerprint density at radius 3 is 2.67 bits per heavy atom. The van der Waals surface area contributed by atoms with E-state index in [1.807, 2.05) is 47.2 Å². The summed E-state index contributed by atoms with van der Waals surface area (Å²) in [5, 5.41) is 13.9. The van der Waals surface area contributed by atoms with Gasteiger partial charge in [-0.1, -0.05) is 12.1 Å². The molecule has 166 valence electrons. The lowest BCUT2D eigenvalue weighted by Crippen LogP contribution is -2.10. The average Bonchev–Trinajstić information content (AvgIpc) is 3.58. The van der Waals surface area contributed by atoms with Crippen LogP contribution in [0, 0.1) is 0 Å². The molecule has 4 aromatic heterocycles. The highest BCUT2D eigenvalue weighted by molar-refractivity contribution is 7.92. The van der Waals surface area contributed by atoms with Gasteiger partial charge < -0.3 is 5.11 Å². The van der Waals surface area contributed by atoms with Crippen LogP contribution in [0.5, 0.6) is 0 Å². The third kappa shape index (κ3) is 4.10. The van der Waals surface area contributed by atoms with Crippen molar-refractivity contribution in [3.63, 3.8) is 0 Å². The van der Waals surface area contributed by atoms with E-state index in [1.54, 1.807) is 41.9 Å². The molecule has 0 fully saturated rings. The molecule has 0 saturated heterocycles. The maximum atomic E-state index is 13.6. The maximum absolute atomic E-state index is 13.6. The summed E-state index contributed by atoms with van der Waals surface area (Å²) in [4.78, 5) is 16.3. The summed E-state index contributed by atoms with van der Waals surface area (Å²) in [6.07, 6.45) is 3.39. The maximum Gasteiger partial charge on any atom is 0.303 e. The van der Waals surface area contributed by atoms with Gasteiger partial charge in [-0.2, -0.15) is 19.8 Å². The molecule has 4 heterocycles. The monoisotopic (exact) mass is 494 g/mol. The van der Waals surface area contributed by atoms with Crippen molar-refractivity contribution < 1.29 is 18.3 Å². The molecule has 9 heteroatoms. The van der Waals surface area contributed by atoms with E-state index in [-0.39, 0.29) is 17.1 Å². The van der Waals surface area contributed by atoms with Crippen molar-refractivity contribution in [1.29, 1.82) is 0 Å². The highest BCUT2D eigenvalue weighted by Crippen LogP contribution is 2.35. The topological polar surface area (TPSA) is 89.3 Å². The van der Waals surface area contributed by atoms with E-state index >= 15 is 0 Å². The van der Waals surface area contributed by atoms with Gasteiger partial charge in [0.1, 0.15) is 4.21 Å². The molecule has 5 rings (SSSR count). The molecule has 0 aliphatic rings. The lowest BCUT2D eigenvalue weighted by atomic mass is 10.0. The second kappa shape index (κ2) is 8.58. The highest BCUT2D eigenvalue weighted by atomic mass is 32.2. The van der Waals surface area contributed by atoms with E-state index in [0.717, 1.165) is 32.7 Å². The van der Waals surface area contributed by atoms with E-state index in [9.17, 15) is 18.3 Å². The minimum absolute atomic E-state index is 0.0787. The summed E-state index contributed by atoms with van der Waals surface area (Å²) < 4.78 is 28.7. The quantitative estimate of drug-likeness (QED) is 0.311. The van der Waals surface area contributed by atoms with Gasteiger partial charge in [0.05, 0.1) is 16.1 Å². The third-order valence-electron chi connectivity index (χ3n) is 5.33. The predicted molar refractivity (Wildman–Crippen MR) is 131 cm³/mol. The molecule has 0 amide bonds. The van der Waals surface area contributed by atoms with Crippen molar-refractivity contribution in [2.24, 2.45) is 0 Å². The van der Waals surface area contributed by atoms with Gasteiger partial charge in [0.2, 0.25) is 0 Å². The van der Waals surface area contributed by atoms with Crippen molar-refractivity contribution in [2.75, 3.05) is 0 Å². The first-order chi connectivity index (χ1) is 15.9. The zero-order chi connectivity index (χ0) is 23.0. The lowest BCUT2D eigenvalue weighted by Gasteiger charge is -2.06. The molecular weight excluding hydrogens is 476 g/mol. The fourth-order valence-electron chi connectivity index (χ4n) is 3.72. The Balaban J connectivity index is 1.62. The Labute approximate surface area is 198 Å². The van der Waals surface area contributed by atoms with Crippen LogP contribution in [0.3, 0.4) is 0 Å². The summed E-state index contributed by atoms with van der Waals surface area (Å²) in [6, 6.07) is 16.5. The number of carboxylic acid groups (broad SMARTS) is 1. The molecular formula is C24H18N2O4S3. The van der Waals surface area contributed by atoms with Crippen molar-refractivity contribution in [2.45, 2.75) is 17.1 Å². The third-order valence-corrected chi connectivity index (χ3v) is 9.26. The van der Waals surface area contributed by atoms with Crippen molar-refractivity contribution in [1.82, 2.24) is 8.96 Å². The van der Waals surface area contributed by atoms with Gasteiger partial charge in [-0.15, -0.1) is 11.3 Å². The zero-order valence-electron chi connectivity index (χ0n) is 17.2.